The van der Waals surface area contributed by atoms with Gasteiger partial charge in [0.1, 0.15) is 4.99 Å². The topological polar surface area (TPSA) is 70.9 Å². The smallest absolute Gasteiger partial charge is 0.228 e. The second-order valence-electron chi connectivity index (χ2n) is 4.29. The first-order valence-electron chi connectivity index (χ1n) is 6.06. The van der Waals surface area contributed by atoms with E-state index in [0.717, 1.165) is 18.7 Å². The molecule has 7 heteroatoms. The van der Waals surface area contributed by atoms with E-state index in [4.69, 9.17) is 22.7 Å². The Morgan fingerprint density at radius 1 is 1.53 bits per heavy atom. The van der Waals surface area contributed by atoms with Gasteiger partial charge in [0, 0.05) is 13.6 Å². The first-order chi connectivity index (χ1) is 9.02. The molecule has 2 rings (SSSR count). The van der Waals surface area contributed by atoms with Gasteiger partial charge in [-0.25, -0.2) is 4.68 Å². The Bertz CT molecular complexity index is 601. The summed E-state index contributed by atoms with van der Waals surface area (Å²) in [6, 6.07) is 0. The molecule has 0 saturated heterocycles. The van der Waals surface area contributed by atoms with Gasteiger partial charge >= 0.3 is 0 Å². The summed E-state index contributed by atoms with van der Waals surface area (Å²) < 4.78 is 9.26. The molecule has 2 heterocycles. The van der Waals surface area contributed by atoms with E-state index in [-0.39, 0.29) is 4.99 Å². The van der Waals surface area contributed by atoms with Crippen molar-refractivity contribution in [2.75, 3.05) is 0 Å². The summed E-state index contributed by atoms with van der Waals surface area (Å²) in [5, 5.41) is 8.48. The minimum Gasteiger partial charge on any atom is -0.435 e. The van der Waals surface area contributed by atoms with Crippen LogP contribution in [0.4, 0.5) is 0 Å². The van der Waals surface area contributed by atoms with Crippen molar-refractivity contribution >= 4 is 17.2 Å². The molecular weight excluding hydrogens is 262 g/mol. The maximum atomic E-state index is 5.80. The fraction of sp³-hybridized carbons (Fsp3) is 0.417. The summed E-state index contributed by atoms with van der Waals surface area (Å²) in [4.78, 5) is 0.279. The third-order valence-electron chi connectivity index (χ3n) is 2.69. The zero-order chi connectivity index (χ0) is 14.0. The second kappa shape index (κ2) is 5.40. The molecule has 0 fully saturated rings. The predicted octanol–water partition coefficient (Wildman–Crippen LogP) is 1.76. The Kier molecular flexibility index (Phi) is 3.84. The highest BCUT2D eigenvalue weighted by atomic mass is 32.1. The lowest BCUT2D eigenvalue weighted by Crippen LogP contribution is -2.11. The van der Waals surface area contributed by atoms with Crippen LogP contribution < -0.4 is 10.5 Å². The van der Waals surface area contributed by atoms with Crippen LogP contribution >= 0.6 is 12.2 Å². The lowest BCUT2D eigenvalue weighted by atomic mass is 10.2. The van der Waals surface area contributed by atoms with E-state index >= 15 is 0 Å². The monoisotopic (exact) mass is 279 g/mol. The lowest BCUT2D eigenvalue weighted by Gasteiger charge is -2.05. The molecule has 0 aliphatic rings. The number of thiocarbonyl (C=S) groups is 1. The van der Waals surface area contributed by atoms with Crippen LogP contribution in [0.5, 0.6) is 11.6 Å². The van der Waals surface area contributed by atoms with Crippen LogP contribution in [0.3, 0.4) is 0 Å². The molecule has 0 aliphatic heterocycles. The fourth-order valence-corrected chi connectivity index (χ4v) is 2.13. The zero-order valence-electron chi connectivity index (χ0n) is 11.3. The van der Waals surface area contributed by atoms with Gasteiger partial charge in [-0.1, -0.05) is 19.1 Å². The summed E-state index contributed by atoms with van der Waals surface area (Å²) in [6.45, 7) is 4.80. The molecule has 0 radical (unpaired) electrons. The van der Waals surface area contributed by atoms with Crippen LogP contribution in [0.2, 0.25) is 0 Å². The van der Waals surface area contributed by atoms with E-state index in [1.54, 1.807) is 17.9 Å². The number of hydrogen-bond acceptors (Lipinski definition) is 4. The highest BCUT2D eigenvalue weighted by Crippen LogP contribution is 2.26. The van der Waals surface area contributed by atoms with E-state index < -0.39 is 0 Å². The zero-order valence-corrected chi connectivity index (χ0v) is 12.1. The molecule has 0 aliphatic carbocycles. The van der Waals surface area contributed by atoms with Gasteiger partial charge in [-0.15, -0.1) is 0 Å². The van der Waals surface area contributed by atoms with Gasteiger partial charge < -0.3 is 10.5 Å². The van der Waals surface area contributed by atoms with Crippen molar-refractivity contribution in [3.05, 3.63) is 23.7 Å². The quantitative estimate of drug-likeness (QED) is 0.844. The third-order valence-corrected chi connectivity index (χ3v) is 2.90. The molecule has 0 saturated carbocycles. The van der Waals surface area contributed by atoms with Gasteiger partial charge in [0.05, 0.1) is 23.7 Å². The Hall–Kier alpha value is -1.89. The van der Waals surface area contributed by atoms with Crippen molar-refractivity contribution in [3.8, 4) is 11.6 Å². The minimum absolute atomic E-state index is 0.279. The van der Waals surface area contributed by atoms with Crippen molar-refractivity contribution in [1.82, 2.24) is 19.6 Å². The summed E-state index contributed by atoms with van der Waals surface area (Å²) in [5.74, 6) is 1.19. The maximum absolute atomic E-state index is 5.80. The standard InChI is InChI=1S/C12H17N5OS/c1-4-5-17-7-9(6-14-17)18-12-10(11(13)19)8(2)15-16(12)3/h6-7H,4-5H2,1-3H3,(H2,13,19). The molecule has 0 spiro atoms. The van der Waals surface area contributed by atoms with Gasteiger partial charge in [0.2, 0.25) is 5.88 Å². The first-order valence-corrected chi connectivity index (χ1v) is 6.47. The fourth-order valence-electron chi connectivity index (χ4n) is 1.90. The molecule has 6 nitrogen and oxygen atoms in total. The molecule has 0 aromatic carbocycles. The van der Waals surface area contributed by atoms with Gasteiger partial charge in [0.15, 0.2) is 5.75 Å². The van der Waals surface area contributed by atoms with Gasteiger partial charge in [-0.05, 0) is 13.3 Å². The number of nitrogens with two attached hydrogens (primary N) is 1. The van der Waals surface area contributed by atoms with Gasteiger partial charge in [0.25, 0.3) is 0 Å². The molecule has 0 bridgehead atoms. The SMILES string of the molecule is CCCn1cc(Oc2c(C(N)=S)c(C)nn2C)cn1. The molecule has 2 aromatic heterocycles. The Labute approximate surface area is 117 Å². The summed E-state index contributed by atoms with van der Waals surface area (Å²) in [5.41, 5.74) is 7.14. The molecule has 0 atom stereocenters. The molecule has 2 aromatic rings. The Morgan fingerprint density at radius 2 is 2.26 bits per heavy atom. The molecule has 2 N–H and O–H groups in total. The summed E-state index contributed by atoms with van der Waals surface area (Å²) in [6.07, 6.45) is 4.53. The number of aryl methyl sites for hydroxylation is 3. The van der Waals surface area contributed by atoms with Gasteiger partial charge in [-0.2, -0.15) is 10.2 Å². The van der Waals surface area contributed by atoms with Crippen molar-refractivity contribution in [2.45, 2.75) is 26.8 Å². The summed E-state index contributed by atoms with van der Waals surface area (Å²) >= 11 is 5.04. The molecule has 19 heavy (non-hydrogen) atoms. The van der Waals surface area contributed by atoms with E-state index in [0.29, 0.717) is 17.2 Å². The Balaban J connectivity index is 2.29. The van der Waals surface area contributed by atoms with Crippen LogP contribution in [-0.4, -0.2) is 24.5 Å². The Morgan fingerprint density at radius 3 is 2.89 bits per heavy atom. The van der Waals surface area contributed by atoms with Crippen LogP contribution in [0.25, 0.3) is 0 Å². The van der Waals surface area contributed by atoms with Crippen molar-refractivity contribution in [1.29, 1.82) is 0 Å². The van der Waals surface area contributed by atoms with Crippen molar-refractivity contribution in [3.63, 3.8) is 0 Å². The van der Waals surface area contributed by atoms with Crippen molar-refractivity contribution in [2.24, 2.45) is 12.8 Å². The van der Waals surface area contributed by atoms with Crippen LogP contribution in [0, 0.1) is 6.92 Å². The lowest BCUT2D eigenvalue weighted by molar-refractivity contribution is 0.429. The molecule has 0 unspecified atom stereocenters. The first kappa shape index (κ1) is 13.5. The molecular formula is C12H17N5OS. The number of aromatic nitrogens is 4. The van der Waals surface area contributed by atoms with E-state index in [1.807, 2.05) is 17.8 Å². The normalized spacial score (nSPS) is 10.7. The van der Waals surface area contributed by atoms with Gasteiger partial charge in [-0.3, -0.25) is 4.68 Å². The highest BCUT2D eigenvalue weighted by Gasteiger charge is 2.18. The average molecular weight is 279 g/mol. The van der Waals surface area contributed by atoms with Crippen molar-refractivity contribution < 1.29 is 4.74 Å². The predicted molar refractivity (Wildman–Crippen MR) is 76.4 cm³/mol. The largest absolute Gasteiger partial charge is 0.435 e. The van der Waals surface area contributed by atoms with Crippen LogP contribution in [-0.2, 0) is 13.6 Å². The van der Waals surface area contributed by atoms with Crippen LogP contribution in [0.1, 0.15) is 24.6 Å². The number of hydrogen-bond donors (Lipinski definition) is 1. The van der Waals surface area contributed by atoms with E-state index in [2.05, 4.69) is 17.1 Å². The second-order valence-corrected chi connectivity index (χ2v) is 4.73. The van der Waals surface area contributed by atoms with E-state index in [1.165, 1.54) is 0 Å². The highest BCUT2D eigenvalue weighted by molar-refractivity contribution is 7.80. The number of ether oxygens (including phenoxy) is 1. The molecule has 0 amide bonds. The maximum Gasteiger partial charge on any atom is 0.228 e. The minimum atomic E-state index is 0.279. The number of rotatable bonds is 5. The van der Waals surface area contributed by atoms with E-state index in [9.17, 15) is 0 Å². The third kappa shape index (κ3) is 2.76. The van der Waals surface area contributed by atoms with Crippen LogP contribution in [0.15, 0.2) is 12.4 Å². The molecule has 102 valence electrons. The average Bonchev–Trinajstić information content (AvgIpc) is 2.86. The summed E-state index contributed by atoms with van der Waals surface area (Å²) in [7, 11) is 1.79. The number of nitrogens with zero attached hydrogens (tertiary/aromatic N) is 4.